The second kappa shape index (κ2) is 5.32. The Balaban J connectivity index is 3.27. The van der Waals surface area contributed by atoms with Crippen LogP contribution in [0.3, 0.4) is 0 Å². The van der Waals surface area contributed by atoms with Gasteiger partial charge in [0.05, 0.1) is 13.2 Å². The topological polar surface area (TPSA) is 50.1 Å². The zero-order valence-corrected chi connectivity index (χ0v) is 9.73. The molecule has 0 saturated heterocycles. The first kappa shape index (κ1) is 12.3. The second-order valence-corrected chi connectivity index (χ2v) is 3.90. The maximum absolute atomic E-state index is 10.8. The molecule has 0 aliphatic rings. The van der Waals surface area contributed by atoms with Crippen molar-refractivity contribution in [3.63, 3.8) is 0 Å². The highest BCUT2D eigenvalue weighted by Crippen LogP contribution is 2.29. The summed E-state index contributed by atoms with van der Waals surface area (Å²) in [5.74, 6) is 0.187. The Morgan fingerprint density at radius 1 is 1.44 bits per heavy atom. The Morgan fingerprint density at radius 2 is 2.12 bits per heavy atom. The van der Waals surface area contributed by atoms with Gasteiger partial charge in [-0.15, -0.1) is 0 Å². The van der Waals surface area contributed by atoms with Gasteiger partial charge in [-0.05, 0) is 17.5 Å². The molecule has 0 spiro atoms. The maximum atomic E-state index is 10.8. The number of nitriles is 1. The molecule has 0 amide bonds. The van der Waals surface area contributed by atoms with E-state index in [1.54, 1.807) is 6.07 Å². The summed E-state index contributed by atoms with van der Waals surface area (Å²) in [6.07, 6.45) is 0.641. The predicted octanol–water partition coefficient (Wildman–Crippen LogP) is 2.62. The van der Waals surface area contributed by atoms with Gasteiger partial charge < -0.3 is 9.53 Å². The van der Waals surface area contributed by atoms with Gasteiger partial charge in [0, 0.05) is 5.56 Å². The number of nitrogens with zero attached hydrogens (tertiary/aromatic N) is 1. The predicted molar refractivity (Wildman–Crippen MR) is 61.5 cm³/mol. The average Bonchev–Trinajstić information content (AvgIpc) is 2.30. The lowest BCUT2D eigenvalue weighted by Gasteiger charge is -2.13. The number of benzene rings is 1. The average molecular weight is 217 g/mol. The summed E-state index contributed by atoms with van der Waals surface area (Å²) in [6, 6.07) is 7.58. The molecule has 3 heteroatoms. The molecule has 0 aromatic heterocycles. The summed E-state index contributed by atoms with van der Waals surface area (Å²) in [7, 11) is 1.53. The molecule has 0 aliphatic carbocycles. The van der Waals surface area contributed by atoms with E-state index < -0.39 is 5.92 Å². The summed E-state index contributed by atoms with van der Waals surface area (Å²) in [5, 5.41) is 8.89. The van der Waals surface area contributed by atoms with E-state index >= 15 is 0 Å². The first-order chi connectivity index (χ1) is 7.63. The molecule has 16 heavy (non-hydrogen) atoms. The lowest BCUT2D eigenvalue weighted by molar-refractivity contribution is -0.108. The van der Waals surface area contributed by atoms with Gasteiger partial charge in [0.2, 0.25) is 0 Å². The van der Waals surface area contributed by atoms with E-state index in [2.05, 4.69) is 13.8 Å². The highest BCUT2D eigenvalue weighted by atomic mass is 16.5. The van der Waals surface area contributed by atoms with E-state index in [0.717, 1.165) is 5.56 Å². The number of carbonyl (C=O) groups is 1. The largest absolute Gasteiger partial charge is 0.496 e. The smallest absolute Gasteiger partial charge is 0.141 e. The molecule has 0 N–H and O–H groups in total. The van der Waals surface area contributed by atoms with Gasteiger partial charge in [-0.1, -0.05) is 26.0 Å². The standard InChI is InChI=1S/C13H15NO2/c1-9(2)10-4-5-13(16-3)12(6-10)11(7-14)8-15/h4-6,8-9,11H,1-3H3. The van der Waals surface area contributed by atoms with Gasteiger partial charge in [-0.3, -0.25) is 0 Å². The monoisotopic (exact) mass is 217 g/mol. The molecule has 84 valence electrons. The molecule has 1 aromatic rings. The fraction of sp³-hybridized carbons (Fsp3) is 0.385. The Morgan fingerprint density at radius 3 is 2.56 bits per heavy atom. The fourth-order valence-electron chi connectivity index (χ4n) is 1.53. The Hall–Kier alpha value is -1.82. The molecule has 1 rings (SSSR count). The lowest BCUT2D eigenvalue weighted by Crippen LogP contribution is -2.02. The molecule has 1 aromatic carbocycles. The van der Waals surface area contributed by atoms with Crippen LogP contribution in [0.5, 0.6) is 5.75 Å². The highest BCUT2D eigenvalue weighted by Gasteiger charge is 2.16. The molecule has 1 unspecified atom stereocenters. The van der Waals surface area contributed by atoms with Crippen molar-refractivity contribution in [1.82, 2.24) is 0 Å². The van der Waals surface area contributed by atoms with Crippen LogP contribution in [-0.4, -0.2) is 13.4 Å². The zero-order valence-electron chi connectivity index (χ0n) is 9.73. The normalized spacial score (nSPS) is 11.9. The van der Waals surface area contributed by atoms with Crippen LogP contribution >= 0.6 is 0 Å². The summed E-state index contributed by atoms with van der Waals surface area (Å²) >= 11 is 0. The quantitative estimate of drug-likeness (QED) is 0.728. The molecule has 0 aliphatic heterocycles. The van der Waals surface area contributed by atoms with Crippen molar-refractivity contribution in [3.8, 4) is 11.8 Å². The van der Waals surface area contributed by atoms with Crippen LogP contribution < -0.4 is 4.74 Å². The maximum Gasteiger partial charge on any atom is 0.141 e. The van der Waals surface area contributed by atoms with Gasteiger partial charge in [0.15, 0.2) is 0 Å². The second-order valence-electron chi connectivity index (χ2n) is 3.90. The van der Waals surface area contributed by atoms with Crippen LogP contribution in [-0.2, 0) is 4.79 Å². The van der Waals surface area contributed by atoms with Crippen molar-refractivity contribution in [2.45, 2.75) is 25.7 Å². The fourth-order valence-corrected chi connectivity index (χ4v) is 1.53. The van der Waals surface area contributed by atoms with Gasteiger partial charge in [0.1, 0.15) is 18.0 Å². The summed E-state index contributed by atoms with van der Waals surface area (Å²) < 4.78 is 5.15. The number of carbonyl (C=O) groups excluding carboxylic acids is 1. The van der Waals surface area contributed by atoms with Gasteiger partial charge in [-0.25, -0.2) is 0 Å². The molecular weight excluding hydrogens is 202 g/mol. The van der Waals surface area contributed by atoms with Gasteiger partial charge in [-0.2, -0.15) is 5.26 Å². The van der Waals surface area contributed by atoms with E-state index in [1.807, 2.05) is 18.2 Å². The zero-order chi connectivity index (χ0) is 12.1. The van der Waals surface area contributed by atoms with Crippen LogP contribution in [0.2, 0.25) is 0 Å². The minimum absolute atomic E-state index is 0.357. The molecule has 0 heterocycles. The number of rotatable bonds is 4. The summed E-state index contributed by atoms with van der Waals surface area (Å²) in [4.78, 5) is 10.8. The number of methoxy groups -OCH3 is 1. The lowest BCUT2D eigenvalue weighted by atomic mass is 9.94. The third-order valence-corrected chi connectivity index (χ3v) is 2.53. The van der Waals surface area contributed by atoms with E-state index in [4.69, 9.17) is 10.00 Å². The van der Waals surface area contributed by atoms with Crippen LogP contribution in [0, 0.1) is 11.3 Å². The van der Waals surface area contributed by atoms with Crippen molar-refractivity contribution >= 4 is 6.29 Å². The van der Waals surface area contributed by atoms with Crippen molar-refractivity contribution < 1.29 is 9.53 Å². The van der Waals surface area contributed by atoms with Crippen LogP contribution in [0.25, 0.3) is 0 Å². The van der Waals surface area contributed by atoms with E-state index in [-0.39, 0.29) is 0 Å². The first-order valence-electron chi connectivity index (χ1n) is 5.16. The van der Waals surface area contributed by atoms with Crippen LogP contribution in [0.1, 0.15) is 36.8 Å². The molecule has 3 nitrogen and oxygen atoms in total. The highest BCUT2D eigenvalue weighted by molar-refractivity contribution is 5.68. The molecule has 0 fully saturated rings. The number of ether oxygens (including phenoxy) is 1. The van der Waals surface area contributed by atoms with Crippen molar-refractivity contribution in [2.24, 2.45) is 0 Å². The molecular formula is C13H15NO2. The van der Waals surface area contributed by atoms with Crippen molar-refractivity contribution in [2.75, 3.05) is 7.11 Å². The molecule has 0 saturated carbocycles. The SMILES string of the molecule is COc1ccc(C(C)C)cc1C(C#N)C=O. The van der Waals surface area contributed by atoms with Crippen molar-refractivity contribution in [3.05, 3.63) is 29.3 Å². The van der Waals surface area contributed by atoms with E-state index in [9.17, 15) is 4.79 Å². The van der Waals surface area contributed by atoms with Crippen LogP contribution in [0.4, 0.5) is 0 Å². The minimum atomic E-state index is -0.756. The Kier molecular flexibility index (Phi) is 4.07. The van der Waals surface area contributed by atoms with E-state index in [0.29, 0.717) is 23.5 Å². The van der Waals surface area contributed by atoms with Crippen LogP contribution in [0.15, 0.2) is 18.2 Å². The number of hydrogen-bond acceptors (Lipinski definition) is 3. The minimum Gasteiger partial charge on any atom is -0.496 e. The third-order valence-electron chi connectivity index (χ3n) is 2.53. The third kappa shape index (κ3) is 2.40. The summed E-state index contributed by atoms with van der Waals surface area (Å²) in [5.41, 5.74) is 1.74. The summed E-state index contributed by atoms with van der Waals surface area (Å²) in [6.45, 7) is 4.13. The van der Waals surface area contributed by atoms with E-state index in [1.165, 1.54) is 7.11 Å². The first-order valence-corrected chi connectivity index (χ1v) is 5.16. The Labute approximate surface area is 95.7 Å². The van der Waals surface area contributed by atoms with Crippen molar-refractivity contribution in [1.29, 1.82) is 5.26 Å². The Bertz CT molecular complexity index is 418. The molecule has 0 bridgehead atoms. The molecule has 0 radical (unpaired) electrons. The number of aldehydes is 1. The molecule has 1 atom stereocenters. The van der Waals surface area contributed by atoms with Gasteiger partial charge in [0.25, 0.3) is 0 Å². The number of hydrogen-bond donors (Lipinski definition) is 0. The van der Waals surface area contributed by atoms with Gasteiger partial charge >= 0.3 is 0 Å².